The van der Waals surface area contributed by atoms with Gasteiger partial charge in [-0.1, -0.05) is 6.92 Å². The first-order chi connectivity index (χ1) is 11.0. The van der Waals surface area contributed by atoms with E-state index in [2.05, 4.69) is 0 Å². The maximum atomic E-state index is 11.5. The summed E-state index contributed by atoms with van der Waals surface area (Å²) in [7, 11) is 0. The molecule has 0 aromatic heterocycles. The van der Waals surface area contributed by atoms with Crippen LogP contribution in [0.5, 0.6) is 0 Å². The third-order valence-electron chi connectivity index (χ3n) is 3.57. The number of anilines is 1. The van der Waals surface area contributed by atoms with Crippen molar-refractivity contribution in [3.05, 3.63) is 37.9 Å². The normalized spacial score (nSPS) is 14.9. The lowest BCUT2D eigenvalue weighted by molar-refractivity contribution is -0.392. The molecule has 0 atom stereocenters. The van der Waals surface area contributed by atoms with Crippen LogP contribution in [0.25, 0.3) is 0 Å². The number of thioether (sulfide) groups is 2. The molecule has 1 aliphatic rings. The molecule has 1 fully saturated rings. The number of nitro groups is 2. The average Bonchev–Trinajstić information content (AvgIpc) is 3.05. The van der Waals surface area contributed by atoms with E-state index in [9.17, 15) is 20.2 Å². The minimum absolute atomic E-state index is 0.0303. The van der Waals surface area contributed by atoms with Gasteiger partial charge in [0.15, 0.2) is 5.69 Å². The number of hydrogen-bond donors (Lipinski definition) is 0. The second-order valence-corrected chi connectivity index (χ2v) is 7.80. The van der Waals surface area contributed by atoms with Crippen LogP contribution >= 0.6 is 23.5 Å². The van der Waals surface area contributed by atoms with Gasteiger partial charge >= 0.3 is 0 Å². The highest BCUT2D eigenvalue weighted by atomic mass is 32.2. The highest BCUT2D eigenvalue weighted by molar-refractivity contribution is 8.19. The summed E-state index contributed by atoms with van der Waals surface area (Å²) in [5.74, 6) is 1.91. The van der Waals surface area contributed by atoms with Crippen molar-refractivity contribution in [2.24, 2.45) is 0 Å². The summed E-state index contributed by atoms with van der Waals surface area (Å²) < 4.78 is 0.0303. The molecular weight excluding hydrogens is 338 g/mol. The fourth-order valence-corrected chi connectivity index (χ4v) is 5.43. The van der Waals surface area contributed by atoms with Crippen LogP contribution in [0.3, 0.4) is 0 Å². The van der Waals surface area contributed by atoms with E-state index >= 15 is 0 Å². The van der Waals surface area contributed by atoms with Gasteiger partial charge < -0.3 is 4.90 Å². The van der Waals surface area contributed by atoms with Gasteiger partial charge in [-0.15, -0.1) is 23.5 Å². The minimum atomic E-state index is -0.506. The molecule has 1 saturated heterocycles. The Kier molecular flexibility index (Phi) is 6.11. The molecule has 23 heavy (non-hydrogen) atoms. The molecule has 0 radical (unpaired) electrons. The predicted octanol–water partition coefficient (Wildman–Crippen LogP) is 4.22. The second kappa shape index (κ2) is 7.87. The van der Waals surface area contributed by atoms with Gasteiger partial charge in [0.2, 0.25) is 0 Å². The molecule has 0 N–H and O–H groups in total. The number of nitrogens with zero attached hydrogens (tertiary/aromatic N) is 3. The fourth-order valence-electron chi connectivity index (χ4n) is 2.61. The molecular formula is C14H19N3O4S2. The summed E-state index contributed by atoms with van der Waals surface area (Å²) in [6, 6.07) is 3.02. The molecule has 126 valence electrons. The van der Waals surface area contributed by atoms with Crippen LogP contribution in [0.1, 0.15) is 30.4 Å². The number of rotatable bonds is 7. The molecule has 0 spiro atoms. The SMILES string of the molecule is CCCN(CC)c1c([N+](=O)[O-])cc(C2SCCS2)cc1[N+](=O)[O-]. The third kappa shape index (κ3) is 3.89. The van der Waals surface area contributed by atoms with Gasteiger partial charge in [-0.3, -0.25) is 20.2 Å². The minimum Gasteiger partial charge on any atom is -0.361 e. The predicted molar refractivity (Wildman–Crippen MR) is 95.6 cm³/mol. The second-order valence-electron chi connectivity index (χ2n) is 5.08. The Morgan fingerprint density at radius 2 is 1.65 bits per heavy atom. The molecule has 1 aromatic carbocycles. The van der Waals surface area contributed by atoms with Gasteiger partial charge in [-0.05, 0) is 18.9 Å². The van der Waals surface area contributed by atoms with E-state index in [1.807, 2.05) is 13.8 Å². The van der Waals surface area contributed by atoms with Gasteiger partial charge in [-0.25, -0.2) is 0 Å². The lowest BCUT2D eigenvalue weighted by Gasteiger charge is -2.22. The number of nitro benzene ring substituents is 2. The van der Waals surface area contributed by atoms with Crippen molar-refractivity contribution < 1.29 is 9.85 Å². The van der Waals surface area contributed by atoms with Crippen molar-refractivity contribution in [2.45, 2.75) is 24.9 Å². The van der Waals surface area contributed by atoms with Crippen molar-refractivity contribution in [1.82, 2.24) is 0 Å². The van der Waals surface area contributed by atoms with Crippen molar-refractivity contribution >= 4 is 40.6 Å². The summed E-state index contributed by atoms with van der Waals surface area (Å²) >= 11 is 3.34. The van der Waals surface area contributed by atoms with E-state index in [1.165, 1.54) is 12.1 Å². The van der Waals surface area contributed by atoms with Gasteiger partial charge in [0.25, 0.3) is 11.4 Å². The standard InChI is InChI=1S/C14H19N3O4S2/c1-3-5-15(4-2)13-11(16(18)19)8-10(9-12(13)17(20)21)14-22-6-7-23-14/h8-9,14H,3-7H2,1-2H3. The van der Waals surface area contributed by atoms with Gasteiger partial charge in [0.1, 0.15) is 0 Å². The fraction of sp³-hybridized carbons (Fsp3) is 0.571. The Morgan fingerprint density at radius 1 is 1.13 bits per heavy atom. The quantitative estimate of drug-likeness (QED) is 0.533. The smallest absolute Gasteiger partial charge is 0.300 e. The molecule has 9 heteroatoms. The number of benzene rings is 1. The highest BCUT2D eigenvalue weighted by Crippen LogP contribution is 2.49. The first-order valence-corrected chi connectivity index (χ1v) is 9.54. The van der Waals surface area contributed by atoms with Crippen LogP contribution in [-0.4, -0.2) is 34.4 Å². The van der Waals surface area contributed by atoms with Gasteiger partial charge in [0, 0.05) is 36.7 Å². The molecule has 1 heterocycles. The van der Waals surface area contributed by atoms with Crippen LogP contribution in [0, 0.1) is 20.2 Å². The molecule has 7 nitrogen and oxygen atoms in total. The average molecular weight is 357 g/mol. The summed E-state index contributed by atoms with van der Waals surface area (Å²) in [5.41, 5.74) is 0.448. The Morgan fingerprint density at radius 3 is 2.04 bits per heavy atom. The Balaban J connectivity index is 2.62. The topological polar surface area (TPSA) is 89.5 Å². The Labute approximate surface area is 143 Å². The van der Waals surface area contributed by atoms with Crippen molar-refractivity contribution in [1.29, 1.82) is 0 Å². The van der Waals surface area contributed by atoms with E-state index in [0.717, 1.165) is 17.9 Å². The van der Waals surface area contributed by atoms with Crippen molar-refractivity contribution in [2.75, 3.05) is 29.5 Å². The van der Waals surface area contributed by atoms with E-state index in [0.29, 0.717) is 18.7 Å². The Hall–Kier alpha value is -1.48. The van der Waals surface area contributed by atoms with Crippen LogP contribution < -0.4 is 4.90 Å². The van der Waals surface area contributed by atoms with Crippen LogP contribution in [-0.2, 0) is 0 Å². The van der Waals surface area contributed by atoms with Crippen LogP contribution in [0.4, 0.5) is 17.1 Å². The zero-order chi connectivity index (χ0) is 17.0. The monoisotopic (exact) mass is 357 g/mol. The summed E-state index contributed by atoms with van der Waals surface area (Å²) in [6.07, 6.45) is 0.762. The summed E-state index contributed by atoms with van der Waals surface area (Å²) in [4.78, 5) is 23.8. The highest BCUT2D eigenvalue weighted by Gasteiger charge is 2.32. The summed E-state index contributed by atoms with van der Waals surface area (Å²) in [6.45, 7) is 4.83. The van der Waals surface area contributed by atoms with Crippen LogP contribution in [0.15, 0.2) is 12.1 Å². The lowest BCUT2D eigenvalue weighted by Crippen LogP contribution is -2.25. The summed E-state index contributed by atoms with van der Waals surface area (Å²) in [5, 5.41) is 23.1. The maximum absolute atomic E-state index is 11.5. The Bertz CT molecular complexity index is 571. The molecule has 0 bridgehead atoms. The molecule has 1 aliphatic heterocycles. The number of hydrogen-bond acceptors (Lipinski definition) is 7. The van der Waals surface area contributed by atoms with Crippen molar-refractivity contribution in [3.8, 4) is 0 Å². The lowest BCUT2D eigenvalue weighted by atomic mass is 10.1. The molecule has 0 amide bonds. The van der Waals surface area contributed by atoms with Gasteiger partial charge in [-0.2, -0.15) is 0 Å². The van der Waals surface area contributed by atoms with Crippen LogP contribution in [0.2, 0.25) is 0 Å². The molecule has 0 saturated carbocycles. The molecule has 0 aliphatic carbocycles. The van der Waals surface area contributed by atoms with E-state index in [-0.39, 0.29) is 21.6 Å². The molecule has 0 unspecified atom stereocenters. The van der Waals surface area contributed by atoms with Gasteiger partial charge in [0.05, 0.1) is 14.4 Å². The maximum Gasteiger partial charge on any atom is 0.300 e. The molecule has 1 aromatic rings. The van der Waals surface area contributed by atoms with E-state index in [1.54, 1.807) is 28.4 Å². The largest absolute Gasteiger partial charge is 0.361 e. The first kappa shape index (κ1) is 17.9. The first-order valence-electron chi connectivity index (χ1n) is 7.44. The van der Waals surface area contributed by atoms with E-state index < -0.39 is 9.85 Å². The van der Waals surface area contributed by atoms with Crippen molar-refractivity contribution in [3.63, 3.8) is 0 Å². The zero-order valence-corrected chi connectivity index (χ0v) is 14.7. The zero-order valence-electron chi connectivity index (χ0n) is 13.1. The molecule has 2 rings (SSSR count). The van der Waals surface area contributed by atoms with E-state index in [4.69, 9.17) is 0 Å². The third-order valence-corrected chi connectivity index (χ3v) is 6.68.